The summed E-state index contributed by atoms with van der Waals surface area (Å²) in [6.07, 6.45) is 0.956. The minimum atomic E-state index is 0.659. The third-order valence-electron chi connectivity index (χ3n) is 1.49. The first-order valence-electron chi connectivity index (χ1n) is 3.54. The zero-order valence-corrected chi connectivity index (χ0v) is 6.91. The molecule has 1 unspecified atom stereocenters. The van der Waals surface area contributed by atoms with Gasteiger partial charge in [0.25, 0.3) is 0 Å². The molecule has 0 amide bonds. The zero-order chi connectivity index (χ0) is 7.40. The summed E-state index contributed by atoms with van der Waals surface area (Å²) in [5.74, 6) is 1.21. The van der Waals surface area contributed by atoms with Crippen LogP contribution in [0.4, 0.5) is 0 Å². The van der Waals surface area contributed by atoms with Gasteiger partial charge in [0.05, 0.1) is 0 Å². The van der Waals surface area contributed by atoms with Gasteiger partial charge in [0.1, 0.15) is 0 Å². The second-order valence-electron chi connectivity index (χ2n) is 2.56. The molecule has 0 aliphatic carbocycles. The minimum absolute atomic E-state index is 0.659. The molecule has 1 saturated heterocycles. The first kappa shape index (κ1) is 7.95. The van der Waals surface area contributed by atoms with E-state index in [-0.39, 0.29) is 0 Å². The zero-order valence-electron chi connectivity index (χ0n) is 6.10. The van der Waals surface area contributed by atoms with Gasteiger partial charge in [-0.25, -0.2) is 0 Å². The topological polar surface area (TPSA) is 38.0 Å². The van der Waals surface area contributed by atoms with E-state index >= 15 is 0 Å². The Hall–Kier alpha value is -0.150. The molecule has 1 aliphatic heterocycles. The van der Waals surface area contributed by atoms with Crippen LogP contribution in [0.1, 0.15) is 6.42 Å². The molecule has 0 saturated carbocycles. The van der Waals surface area contributed by atoms with Gasteiger partial charge in [0.15, 0.2) is 0 Å². The number of hydrogen-bond donors (Lipinski definition) is 2. The van der Waals surface area contributed by atoms with Crippen LogP contribution >= 0.6 is 11.8 Å². The molecule has 1 fully saturated rings. The molecule has 3 N–H and O–H groups in total. The van der Waals surface area contributed by atoms with Crippen molar-refractivity contribution >= 4 is 11.8 Å². The van der Waals surface area contributed by atoms with Crippen LogP contribution in [-0.2, 0) is 0 Å². The summed E-state index contributed by atoms with van der Waals surface area (Å²) in [6.45, 7) is 5.91. The van der Waals surface area contributed by atoms with Crippen LogP contribution in [0.2, 0.25) is 0 Å². The Labute approximate surface area is 66.2 Å². The number of hydrogen-bond acceptors (Lipinski definition) is 3. The lowest BCUT2D eigenvalue weighted by Gasteiger charge is -2.21. The molecule has 0 radical (unpaired) electrons. The van der Waals surface area contributed by atoms with Crippen molar-refractivity contribution in [1.29, 1.82) is 0 Å². The van der Waals surface area contributed by atoms with Crippen LogP contribution in [0.15, 0.2) is 12.3 Å². The van der Waals surface area contributed by atoms with E-state index in [4.69, 9.17) is 5.73 Å². The number of thioether (sulfide) groups is 1. The van der Waals surface area contributed by atoms with Crippen molar-refractivity contribution in [3.05, 3.63) is 12.3 Å². The van der Waals surface area contributed by atoms with E-state index in [2.05, 4.69) is 11.9 Å². The van der Waals surface area contributed by atoms with Gasteiger partial charge in [0.2, 0.25) is 0 Å². The Morgan fingerprint density at radius 3 is 3.10 bits per heavy atom. The van der Waals surface area contributed by atoms with E-state index in [1.807, 2.05) is 11.8 Å². The Balaban J connectivity index is 2.19. The van der Waals surface area contributed by atoms with Crippen LogP contribution < -0.4 is 11.1 Å². The molecular weight excluding hydrogens is 144 g/mol. The lowest BCUT2D eigenvalue weighted by atomic mass is 10.2. The smallest absolute Gasteiger partial charge is 0.0227 e. The molecule has 1 atom stereocenters. The molecule has 0 bridgehead atoms. The summed E-state index contributed by atoms with van der Waals surface area (Å²) in [5, 5.41) is 3.98. The molecule has 0 spiro atoms. The molecule has 10 heavy (non-hydrogen) atoms. The average Bonchev–Trinajstić information content (AvgIpc) is 1.88. The predicted octanol–water partition coefficient (Wildman–Crippen LogP) is 0.554. The van der Waals surface area contributed by atoms with Gasteiger partial charge in [-0.3, -0.25) is 0 Å². The molecule has 1 rings (SSSR count). The summed E-state index contributed by atoms with van der Waals surface area (Å²) in [5.41, 5.74) is 6.29. The highest BCUT2D eigenvalue weighted by molar-refractivity contribution is 8.00. The van der Waals surface area contributed by atoms with Crippen molar-refractivity contribution in [3.63, 3.8) is 0 Å². The minimum Gasteiger partial charge on any atom is -0.402 e. The van der Waals surface area contributed by atoms with Gasteiger partial charge < -0.3 is 11.1 Å². The molecule has 58 valence electrons. The molecule has 1 heterocycles. The van der Waals surface area contributed by atoms with Crippen molar-refractivity contribution in [2.24, 2.45) is 5.73 Å². The SMILES string of the molecule is C=C(N)CC1CNCCS1. The van der Waals surface area contributed by atoms with Gasteiger partial charge in [-0.1, -0.05) is 6.58 Å². The number of rotatable bonds is 2. The van der Waals surface area contributed by atoms with Crippen molar-refractivity contribution in [2.45, 2.75) is 11.7 Å². The summed E-state index contributed by atoms with van der Waals surface area (Å²) in [4.78, 5) is 0. The van der Waals surface area contributed by atoms with Gasteiger partial charge in [-0.2, -0.15) is 11.8 Å². The summed E-state index contributed by atoms with van der Waals surface area (Å²) in [7, 11) is 0. The number of allylic oxidation sites excluding steroid dienone is 1. The number of nitrogens with two attached hydrogens (primary N) is 1. The Morgan fingerprint density at radius 2 is 2.60 bits per heavy atom. The van der Waals surface area contributed by atoms with Gasteiger partial charge in [-0.15, -0.1) is 0 Å². The van der Waals surface area contributed by atoms with Gasteiger partial charge >= 0.3 is 0 Å². The fraction of sp³-hybridized carbons (Fsp3) is 0.714. The van der Waals surface area contributed by atoms with E-state index in [9.17, 15) is 0 Å². The van der Waals surface area contributed by atoms with E-state index < -0.39 is 0 Å². The Morgan fingerprint density at radius 1 is 1.80 bits per heavy atom. The maximum Gasteiger partial charge on any atom is 0.0227 e. The molecular formula is C7H14N2S. The second-order valence-corrected chi connectivity index (χ2v) is 3.97. The van der Waals surface area contributed by atoms with Crippen molar-refractivity contribution < 1.29 is 0 Å². The first-order chi connectivity index (χ1) is 4.79. The fourth-order valence-corrected chi connectivity index (χ4v) is 2.21. The van der Waals surface area contributed by atoms with Crippen molar-refractivity contribution in [1.82, 2.24) is 5.32 Å². The standard InChI is InChI=1S/C7H14N2S/c1-6(8)4-7-5-9-2-3-10-7/h7,9H,1-5,8H2. The highest BCUT2D eigenvalue weighted by Crippen LogP contribution is 2.17. The first-order valence-corrected chi connectivity index (χ1v) is 4.59. The van der Waals surface area contributed by atoms with E-state index in [1.54, 1.807) is 0 Å². The van der Waals surface area contributed by atoms with Crippen LogP contribution in [0.3, 0.4) is 0 Å². The normalized spacial score (nSPS) is 26.2. The largest absolute Gasteiger partial charge is 0.402 e. The van der Waals surface area contributed by atoms with Crippen molar-refractivity contribution in [3.8, 4) is 0 Å². The summed E-state index contributed by atoms with van der Waals surface area (Å²) >= 11 is 1.99. The Bertz CT molecular complexity index is 119. The Kier molecular flexibility index (Phi) is 3.09. The molecule has 2 nitrogen and oxygen atoms in total. The predicted molar refractivity (Wildman–Crippen MR) is 47.1 cm³/mol. The van der Waals surface area contributed by atoms with E-state index in [1.165, 1.54) is 5.75 Å². The van der Waals surface area contributed by atoms with Crippen LogP contribution in [0, 0.1) is 0 Å². The van der Waals surface area contributed by atoms with Crippen LogP contribution in [0.25, 0.3) is 0 Å². The van der Waals surface area contributed by atoms with Crippen LogP contribution in [-0.4, -0.2) is 24.1 Å². The second kappa shape index (κ2) is 3.88. The van der Waals surface area contributed by atoms with E-state index in [0.717, 1.165) is 25.2 Å². The highest BCUT2D eigenvalue weighted by Gasteiger charge is 2.12. The summed E-state index contributed by atoms with van der Waals surface area (Å²) < 4.78 is 0. The quantitative estimate of drug-likeness (QED) is 0.616. The lowest BCUT2D eigenvalue weighted by Crippen LogP contribution is -2.33. The maximum atomic E-state index is 5.49. The van der Waals surface area contributed by atoms with Gasteiger partial charge in [-0.05, 0) is 6.42 Å². The fourth-order valence-electron chi connectivity index (χ4n) is 1.04. The molecule has 0 aromatic carbocycles. The van der Waals surface area contributed by atoms with E-state index in [0.29, 0.717) is 5.25 Å². The average molecular weight is 158 g/mol. The van der Waals surface area contributed by atoms with Crippen molar-refractivity contribution in [2.75, 3.05) is 18.8 Å². The third kappa shape index (κ3) is 2.62. The molecule has 3 heteroatoms. The molecule has 1 aliphatic rings. The highest BCUT2D eigenvalue weighted by atomic mass is 32.2. The molecule has 0 aromatic rings. The molecule has 0 aromatic heterocycles. The summed E-state index contributed by atoms with van der Waals surface area (Å²) in [6, 6.07) is 0. The lowest BCUT2D eigenvalue weighted by molar-refractivity contribution is 0.663. The monoisotopic (exact) mass is 158 g/mol. The number of nitrogens with one attached hydrogen (secondary N) is 1. The third-order valence-corrected chi connectivity index (χ3v) is 2.74. The van der Waals surface area contributed by atoms with Crippen LogP contribution in [0.5, 0.6) is 0 Å². The van der Waals surface area contributed by atoms with Gasteiger partial charge in [0, 0.05) is 29.8 Å². The maximum absolute atomic E-state index is 5.49.